The summed E-state index contributed by atoms with van der Waals surface area (Å²) < 4.78 is 41.6. The molecule has 2 heterocycles. The van der Waals surface area contributed by atoms with Gasteiger partial charge in [-0.2, -0.15) is 18.3 Å². The van der Waals surface area contributed by atoms with Gasteiger partial charge in [0.2, 0.25) is 0 Å². The maximum absolute atomic E-state index is 13.3. The van der Waals surface area contributed by atoms with Crippen molar-refractivity contribution in [3.05, 3.63) is 63.7 Å². The lowest BCUT2D eigenvalue weighted by Crippen LogP contribution is -2.07. The highest BCUT2D eigenvalue weighted by Crippen LogP contribution is 2.40. The third-order valence-electron chi connectivity index (χ3n) is 4.79. The van der Waals surface area contributed by atoms with Crippen LogP contribution in [0.15, 0.2) is 36.4 Å². The van der Waals surface area contributed by atoms with E-state index < -0.39 is 11.7 Å². The molecule has 1 aliphatic rings. The van der Waals surface area contributed by atoms with Gasteiger partial charge in [-0.1, -0.05) is 29.8 Å². The van der Waals surface area contributed by atoms with Gasteiger partial charge in [0.05, 0.1) is 22.0 Å². The molecule has 0 radical (unpaired) electrons. The number of hydrogen-bond acceptors (Lipinski definition) is 2. The summed E-state index contributed by atoms with van der Waals surface area (Å²) in [7, 11) is 0. The first-order valence-corrected chi connectivity index (χ1v) is 8.94. The first kappa shape index (κ1) is 17.9. The van der Waals surface area contributed by atoms with Crippen LogP contribution in [0.25, 0.3) is 16.9 Å². The van der Waals surface area contributed by atoms with Gasteiger partial charge in [0, 0.05) is 17.7 Å². The zero-order valence-electron chi connectivity index (χ0n) is 14.8. The molecule has 0 saturated carbocycles. The smallest absolute Gasteiger partial charge is 0.369 e. The molecule has 1 aromatic heterocycles. The Labute approximate surface area is 159 Å². The van der Waals surface area contributed by atoms with Crippen molar-refractivity contribution < 1.29 is 13.2 Å². The Morgan fingerprint density at radius 1 is 1.11 bits per heavy atom. The number of anilines is 1. The van der Waals surface area contributed by atoms with E-state index in [1.54, 1.807) is 10.7 Å². The number of hydrogen-bond donors (Lipinski definition) is 1. The van der Waals surface area contributed by atoms with Crippen molar-refractivity contribution >= 4 is 17.4 Å². The summed E-state index contributed by atoms with van der Waals surface area (Å²) in [5, 5.41) is 7.67. The molecule has 0 unspecified atom stereocenters. The van der Waals surface area contributed by atoms with Crippen molar-refractivity contribution in [2.45, 2.75) is 26.4 Å². The van der Waals surface area contributed by atoms with E-state index in [1.807, 2.05) is 32.0 Å². The molecule has 3 nitrogen and oxygen atoms in total. The van der Waals surface area contributed by atoms with Crippen molar-refractivity contribution in [1.29, 1.82) is 0 Å². The van der Waals surface area contributed by atoms with E-state index in [1.165, 1.54) is 6.07 Å². The summed E-state index contributed by atoms with van der Waals surface area (Å²) in [5.41, 5.74) is 4.09. The third-order valence-corrected chi connectivity index (χ3v) is 5.12. The summed E-state index contributed by atoms with van der Waals surface area (Å²) >= 11 is 5.77. The number of nitrogens with zero attached hydrogens (tertiary/aromatic N) is 2. The number of benzene rings is 2. The molecule has 2 aromatic carbocycles. The molecule has 4 rings (SSSR count). The lowest BCUT2D eigenvalue weighted by atomic mass is 10.0. The van der Waals surface area contributed by atoms with E-state index in [-0.39, 0.29) is 5.02 Å². The third kappa shape index (κ3) is 3.08. The van der Waals surface area contributed by atoms with Crippen LogP contribution in [-0.2, 0) is 12.6 Å². The predicted octanol–water partition coefficient (Wildman–Crippen LogP) is 5.80. The van der Waals surface area contributed by atoms with Crippen molar-refractivity contribution in [2.24, 2.45) is 0 Å². The quantitative estimate of drug-likeness (QED) is 0.598. The number of fused-ring (bicyclic) bond motifs is 1. The molecule has 3 aromatic rings. The Morgan fingerprint density at radius 2 is 1.89 bits per heavy atom. The van der Waals surface area contributed by atoms with Gasteiger partial charge in [0.1, 0.15) is 5.82 Å². The standard InChI is InChI=1S/C20H17ClF3N3/c1-11-3-4-12(2)17(9-11)27-19-14(7-8-25-19)18(26-27)13-5-6-16(21)15(10-13)20(22,23)24/h3-6,9-10,25H,7-8H2,1-2H3. The van der Waals surface area contributed by atoms with E-state index in [0.717, 1.165) is 40.8 Å². The number of halogens is 4. The van der Waals surface area contributed by atoms with Crippen molar-refractivity contribution in [1.82, 2.24) is 9.78 Å². The molecule has 140 valence electrons. The van der Waals surface area contributed by atoms with Crippen LogP contribution in [0.3, 0.4) is 0 Å². The van der Waals surface area contributed by atoms with Gasteiger partial charge >= 0.3 is 6.18 Å². The zero-order chi connectivity index (χ0) is 19.3. The van der Waals surface area contributed by atoms with Crippen LogP contribution in [0.2, 0.25) is 5.02 Å². The number of aryl methyl sites for hydroxylation is 2. The van der Waals surface area contributed by atoms with Gasteiger partial charge in [0.25, 0.3) is 0 Å². The van der Waals surface area contributed by atoms with E-state index in [4.69, 9.17) is 11.6 Å². The Kier molecular flexibility index (Phi) is 4.18. The van der Waals surface area contributed by atoms with Gasteiger partial charge in [0.15, 0.2) is 0 Å². The highest BCUT2D eigenvalue weighted by Gasteiger charge is 2.34. The van der Waals surface area contributed by atoms with Gasteiger partial charge in [-0.05, 0) is 49.6 Å². The number of aromatic nitrogens is 2. The van der Waals surface area contributed by atoms with E-state index in [9.17, 15) is 13.2 Å². The summed E-state index contributed by atoms with van der Waals surface area (Å²) in [5.74, 6) is 0.835. The molecule has 0 saturated heterocycles. The Balaban J connectivity index is 1.91. The molecule has 7 heteroatoms. The molecule has 0 fully saturated rings. The molecule has 0 spiro atoms. The monoisotopic (exact) mass is 391 g/mol. The molecule has 0 aliphatic carbocycles. The van der Waals surface area contributed by atoms with E-state index in [2.05, 4.69) is 10.4 Å². The Morgan fingerprint density at radius 3 is 2.63 bits per heavy atom. The molecular formula is C20H17ClF3N3. The second-order valence-corrected chi connectivity index (χ2v) is 7.15. The highest BCUT2D eigenvalue weighted by molar-refractivity contribution is 6.31. The van der Waals surface area contributed by atoms with Crippen molar-refractivity contribution in [2.75, 3.05) is 11.9 Å². The first-order valence-electron chi connectivity index (χ1n) is 8.56. The van der Waals surface area contributed by atoms with Gasteiger partial charge in [-0.25, -0.2) is 4.68 Å². The second-order valence-electron chi connectivity index (χ2n) is 6.75. The summed E-state index contributed by atoms with van der Waals surface area (Å²) in [6, 6.07) is 10.0. The van der Waals surface area contributed by atoms with Gasteiger partial charge in [-0.3, -0.25) is 0 Å². The lowest BCUT2D eigenvalue weighted by Gasteiger charge is -2.11. The molecule has 27 heavy (non-hydrogen) atoms. The normalized spacial score (nSPS) is 13.6. The van der Waals surface area contributed by atoms with Crippen LogP contribution in [0, 0.1) is 13.8 Å². The largest absolute Gasteiger partial charge is 0.417 e. The summed E-state index contributed by atoms with van der Waals surface area (Å²) in [6.45, 7) is 4.71. The predicted molar refractivity (Wildman–Crippen MR) is 101 cm³/mol. The maximum atomic E-state index is 13.3. The average molecular weight is 392 g/mol. The molecule has 1 N–H and O–H groups in total. The van der Waals surface area contributed by atoms with E-state index in [0.29, 0.717) is 17.7 Å². The van der Waals surface area contributed by atoms with Gasteiger partial charge in [-0.15, -0.1) is 0 Å². The van der Waals surface area contributed by atoms with Crippen molar-refractivity contribution in [3.8, 4) is 16.9 Å². The SMILES string of the molecule is Cc1ccc(C)c(-n2nc(-c3ccc(Cl)c(C(F)(F)F)c3)c3c2NCC3)c1. The summed E-state index contributed by atoms with van der Waals surface area (Å²) in [4.78, 5) is 0. The van der Waals surface area contributed by atoms with Crippen LogP contribution < -0.4 is 5.32 Å². The zero-order valence-corrected chi connectivity index (χ0v) is 15.5. The second kappa shape index (κ2) is 6.30. The van der Waals surface area contributed by atoms with Crippen LogP contribution in [0.4, 0.5) is 19.0 Å². The van der Waals surface area contributed by atoms with Crippen LogP contribution in [0.1, 0.15) is 22.3 Å². The highest BCUT2D eigenvalue weighted by atomic mass is 35.5. The topological polar surface area (TPSA) is 29.9 Å². The molecular weight excluding hydrogens is 375 g/mol. The molecule has 1 aliphatic heterocycles. The van der Waals surface area contributed by atoms with Crippen LogP contribution in [-0.4, -0.2) is 16.3 Å². The Bertz CT molecular complexity index is 1040. The number of alkyl halides is 3. The molecule has 0 atom stereocenters. The van der Waals surface area contributed by atoms with Crippen LogP contribution >= 0.6 is 11.6 Å². The lowest BCUT2D eigenvalue weighted by molar-refractivity contribution is -0.137. The van der Waals surface area contributed by atoms with Crippen LogP contribution in [0.5, 0.6) is 0 Å². The van der Waals surface area contributed by atoms with Gasteiger partial charge < -0.3 is 5.32 Å². The first-order chi connectivity index (χ1) is 12.8. The van der Waals surface area contributed by atoms with Crippen molar-refractivity contribution in [3.63, 3.8) is 0 Å². The summed E-state index contributed by atoms with van der Waals surface area (Å²) in [6.07, 6.45) is -3.80. The number of nitrogens with one attached hydrogen (secondary N) is 1. The van der Waals surface area contributed by atoms with E-state index >= 15 is 0 Å². The fraction of sp³-hybridized carbons (Fsp3) is 0.250. The molecule has 0 bridgehead atoms. The fourth-order valence-corrected chi connectivity index (χ4v) is 3.64. The average Bonchev–Trinajstić information content (AvgIpc) is 3.19. The maximum Gasteiger partial charge on any atom is 0.417 e. The number of rotatable bonds is 2. The fourth-order valence-electron chi connectivity index (χ4n) is 3.42. The minimum atomic E-state index is -4.51. The Hall–Kier alpha value is -2.47. The molecule has 0 amide bonds. The minimum absolute atomic E-state index is 0.310. The minimum Gasteiger partial charge on any atom is -0.369 e.